The van der Waals surface area contributed by atoms with Crippen molar-refractivity contribution in [1.29, 1.82) is 0 Å². The maximum atomic E-state index is 13.9. The molecule has 0 unspecified atom stereocenters. The number of fused-ring (bicyclic) bond motifs is 3. The highest BCUT2D eigenvalue weighted by Gasteiger charge is 2.26. The molecule has 0 atom stereocenters. The zero-order valence-electron chi connectivity index (χ0n) is 18.1. The molecular weight excluding hydrogens is 436 g/mol. The lowest BCUT2D eigenvalue weighted by molar-refractivity contribution is 0.189. The minimum atomic E-state index is -0.0517. The average molecular weight is 463 g/mol. The van der Waals surface area contributed by atoms with Gasteiger partial charge in [-0.2, -0.15) is 0 Å². The Morgan fingerprint density at radius 3 is 2.65 bits per heavy atom. The number of ether oxygens (including phenoxy) is 2. The number of nitrogens with zero attached hydrogens (tertiary/aromatic N) is 4. The molecule has 0 bridgehead atoms. The number of aromatic nitrogens is 2. The van der Waals surface area contributed by atoms with E-state index in [0.717, 1.165) is 35.3 Å². The maximum absolute atomic E-state index is 13.9. The number of anilines is 1. The smallest absolute Gasteiger partial charge is 0.268 e. The van der Waals surface area contributed by atoms with E-state index in [9.17, 15) is 4.79 Å². The van der Waals surface area contributed by atoms with Gasteiger partial charge in [0, 0.05) is 50.3 Å². The van der Waals surface area contributed by atoms with Crippen LogP contribution in [-0.4, -0.2) is 68.6 Å². The molecule has 7 nitrogen and oxygen atoms in total. The molecule has 0 saturated heterocycles. The summed E-state index contributed by atoms with van der Waals surface area (Å²) < 4.78 is 12.3. The van der Waals surface area contributed by atoms with Crippen molar-refractivity contribution < 1.29 is 9.47 Å². The van der Waals surface area contributed by atoms with E-state index >= 15 is 0 Å². The fourth-order valence-electron chi connectivity index (χ4n) is 3.93. The van der Waals surface area contributed by atoms with Gasteiger partial charge in [0.05, 0.1) is 24.3 Å². The van der Waals surface area contributed by atoms with Gasteiger partial charge in [-0.05, 0) is 37.2 Å². The van der Waals surface area contributed by atoms with Crippen molar-refractivity contribution in [3.63, 3.8) is 0 Å². The van der Waals surface area contributed by atoms with E-state index in [4.69, 9.17) is 26.1 Å². The van der Waals surface area contributed by atoms with E-state index in [0.29, 0.717) is 43.0 Å². The minimum Gasteiger partial charge on any atom is -0.383 e. The van der Waals surface area contributed by atoms with Crippen molar-refractivity contribution in [3.8, 4) is 5.69 Å². The first kappa shape index (κ1) is 22.2. The standard InChI is InChI=1S/C22H27ClN4O3S/c1-25-8-7-17-18(14-25)31-20-19(17)21(28)27(16-6-4-5-15(23)13-16)22(24-20)26(9-11-29-2)10-12-30-3/h4-6,13H,7-12,14H2,1-3H3. The summed E-state index contributed by atoms with van der Waals surface area (Å²) in [7, 11) is 5.44. The lowest BCUT2D eigenvalue weighted by atomic mass is 10.1. The van der Waals surface area contributed by atoms with E-state index in [-0.39, 0.29) is 5.56 Å². The second-order valence-electron chi connectivity index (χ2n) is 7.68. The number of likely N-dealkylation sites (N-methyl/N-ethyl adjacent to an activating group) is 1. The van der Waals surface area contributed by atoms with Crippen molar-refractivity contribution in [2.45, 2.75) is 13.0 Å². The first-order valence-electron chi connectivity index (χ1n) is 10.3. The topological polar surface area (TPSA) is 59.8 Å². The van der Waals surface area contributed by atoms with E-state index in [1.807, 2.05) is 17.0 Å². The molecule has 0 radical (unpaired) electrons. The van der Waals surface area contributed by atoms with Crippen LogP contribution in [-0.2, 0) is 22.4 Å². The molecule has 1 aliphatic heterocycles. The van der Waals surface area contributed by atoms with Gasteiger partial charge in [0.1, 0.15) is 4.83 Å². The van der Waals surface area contributed by atoms with Gasteiger partial charge in [-0.1, -0.05) is 17.7 Å². The predicted molar refractivity (Wildman–Crippen MR) is 126 cm³/mol. The van der Waals surface area contributed by atoms with Crippen molar-refractivity contribution in [2.24, 2.45) is 0 Å². The van der Waals surface area contributed by atoms with Gasteiger partial charge in [-0.3, -0.25) is 4.79 Å². The normalized spacial score (nSPS) is 14.2. The summed E-state index contributed by atoms with van der Waals surface area (Å²) in [6, 6.07) is 7.35. The number of benzene rings is 1. The highest BCUT2D eigenvalue weighted by atomic mass is 35.5. The lowest BCUT2D eigenvalue weighted by Gasteiger charge is -2.26. The summed E-state index contributed by atoms with van der Waals surface area (Å²) in [6.07, 6.45) is 0.856. The van der Waals surface area contributed by atoms with Gasteiger partial charge in [-0.15, -0.1) is 11.3 Å². The molecular formula is C22H27ClN4O3S. The number of thiophene rings is 1. The fourth-order valence-corrected chi connectivity index (χ4v) is 5.40. The molecule has 0 fully saturated rings. The van der Waals surface area contributed by atoms with Crippen molar-refractivity contribution >= 4 is 39.1 Å². The Hall–Kier alpha value is -1.97. The number of halogens is 1. The summed E-state index contributed by atoms with van der Waals surface area (Å²) >= 11 is 7.90. The maximum Gasteiger partial charge on any atom is 0.268 e. The third kappa shape index (κ3) is 4.49. The van der Waals surface area contributed by atoms with Crippen molar-refractivity contribution in [1.82, 2.24) is 14.5 Å². The van der Waals surface area contributed by atoms with Crippen LogP contribution in [0.3, 0.4) is 0 Å². The molecule has 2 aromatic heterocycles. The number of methoxy groups -OCH3 is 2. The second-order valence-corrected chi connectivity index (χ2v) is 9.20. The summed E-state index contributed by atoms with van der Waals surface area (Å²) in [5.41, 5.74) is 1.79. The first-order valence-corrected chi connectivity index (χ1v) is 11.5. The zero-order valence-corrected chi connectivity index (χ0v) is 19.6. The number of hydrogen-bond donors (Lipinski definition) is 0. The van der Waals surface area contributed by atoms with E-state index in [1.165, 1.54) is 4.88 Å². The molecule has 0 saturated carbocycles. The zero-order chi connectivity index (χ0) is 22.0. The quantitative estimate of drug-likeness (QED) is 0.512. The molecule has 166 valence electrons. The van der Waals surface area contributed by atoms with Crippen LogP contribution in [0.1, 0.15) is 10.4 Å². The molecule has 31 heavy (non-hydrogen) atoms. The SMILES string of the molecule is COCCN(CCOC)c1nc2sc3c(c2c(=O)n1-c1cccc(Cl)c1)CCN(C)C3. The van der Waals surface area contributed by atoms with Crippen LogP contribution >= 0.6 is 22.9 Å². The van der Waals surface area contributed by atoms with E-state index in [1.54, 1.807) is 42.3 Å². The number of hydrogen-bond acceptors (Lipinski definition) is 7. The molecule has 0 amide bonds. The van der Waals surface area contributed by atoms with Gasteiger partial charge in [0.25, 0.3) is 5.56 Å². The molecule has 0 spiro atoms. The van der Waals surface area contributed by atoms with Gasteiger partial charge < -0.3 is 19.3 Å². The number of rotatable bonds is 8. The molecule has 0 aliphatic carbocycles. The van der Waals surface area contributed by atoms with Gasteiger partial charge in [0.2, 0.25) is 5.95 Å². The minimum absolute atomic E-state index is 0.0517. The van der Waals surface area contributed by atoms with Crippen LogP contribution in [0.25, 0.3) is 15.9 Å². The summed E-state index contributed by atoms with van der Waals surface area (Å²) in [5, 5.41) is 1.31. The van der Waals surface area contributed by atoms with Gasteiger partial charge >= 0.3 is 0 Å². The Bertz CT molecular complexity index is 1120. The molecule has 0 N–H and O–H groups in total. The van der Waals surface area contributed by atoms with Crippen molar-refractivity contribution in [2.75, 3.05) is 59.0 Å². The fraction of sp³-hybridized carbons (Fsp3) is 0.455. The van der Waals surface area contributed by atoms with Crippen LogP contribution in [0, 0.1) is 0 Å². The summed E-state index contributed by atoms with van der Waals surface area (Å²) in [5.74, 6) is 0.584. The van der Waals surface area contributed by atoms with E-state index in [2.05, 4.69) is 11.9 Å². The molecule has 9 heteroatoms. The third-order valence-electron chi connectivity index (χ3n) is 5.53. The third-order valence-corrected chi connectivity index (χ3v) is 6.87. The molecule has 4 rings (SSSR count). The Morgan fingerprint density at radius 2 is 1.97 bits per heavy atom. The van der Waals surface area contributed by atoms with Crippen LogP contribution in [0.5, 0.6) is 0 Å². The second kappa shape index (κ2) is 9.67. The lowest BCUT2D eigenvalue weighted by Crippen LogP contribution is -2.36. The van der Waals surface area contributed by atoms with Gasteiger partial charge in [-0.25, -0.2) is 9.55 Å². The first-order chi connectivity index (χ1) is 15.0. The molecule has 1 aromatic carbocycles. The Balaban J connectivity index is 1.96. The monoisotopic (exact) mass is 462 g/mol. The average Bonchev–Trinajstić information content (AvgIpc) is 3.11. The van der Waals surface area contributed by atoms with Gasteiger partial charge in [0.15, 0.2) is 0 Å². The van der Waals surface area contributed by atoms with Crippen LogP contribution in [0.15, 0.2) is 29.1 Å². The van der Waals surface area contributed by atoms with E-state index < -0.39 is 0 Å². The Kier molecular flexibility index (Phi) is 6.93. The molecule has 1 aliphatic rings. The van der Waals surface area contributed by atoms with Crippen LogP contribution in [0.4, 0.5) is 5.95 Å². The molecule has 3 heterocycles. The predicted octanol–water partition coefficient (Wildman–Crippen LogP) is 3.19. The highest BCUT2D eigenvalue weighted by molar-refractivity contribution is 7.18. The molecule has 3 aromatic rings. The van der Waals surface area contributed by atoms with Crippen molar-refractivity contribution in [3.05, 3.63) is 50.1 Å². The van der Waals surface area contributed by atoms with Crippen LogP contribution < -0.4 is 10.5 Å². The summed E-state index contributed by atoms with van der Waals surface area (Å²) in [6.45, 7) is 3.99. The van der Waals surface area contributed by atoms with Crippen LogP contribution in [0.2, 0.25) is 5.02 Å². The Labute approximate surface area is 190 Å². The Morgan fingerprint density at radius 1 is 1.23 bits per heavy atom. The highest BCUT2D eigenvalue weighted by Crippen LogP contribution is 2.34. The largest absolute Gasteiger partial charge is 0.383 e. The summed E-state index contributed by atoms with van der Waals surface area (Å²) in [4.78, 5) is 25.3.